The van der Waals surface area contributed by atoms with Gasteiger partial charge in [0.15, 0.2) is 0 Å². The highest BCUT2D eigenvalue weighted by Crippen LogP contribution is 2.27. The lowest BCUT2D eigenvalue weighted by Gasteiger charge is -2.21. The van der Waals surface area contributed by atoms with Gasteiger partial charge in [0.25, 0.3) is 0 Å². The number of hydrogen-bond acceptors (Lipinski definition) is 3. The molecule has 3 aromatic rings. The molecule has 0 atom stereocenters. The molecule has 0 unspecified atom stereocenters. The van der Waals surface area contributed by atoms with E-state index in [9.17, 15) is 14.7 Å². The van der Waals surface area contributed by atoms with Crippen LogP contribution in [0.4, 0.5) is 0 Å². The van der Waals surface area contributed by atoms with Gasteiger partial charge in [-0.25, -0.2) is 4.79 Å². The van der Waals surface area contributed by atoms with Crippen molar-refractivity contribution in [1.82, 2.24) is 15.2 Å². The number of benzene rings is 2. The molecule has 1 aliphatic rings. The molecular weight excluding hydrogens is 414 g/mol. The summed E-state index contributed by atoms with van der Waals surface area (Å²) in [5, 5.41) is 16.9. The van der Waals surface area contributed by atoms with Gasteiger partial charge in [0.1, 0.15) is 12.2 Å². The predicted octanol–water partition coefficient (Wildman–Crippen LogP) is 4.60. The number of carbonyl (C=O) groups is 2. The number of carboxylic acids is 1. The maximum atomic E-state index is 12.6. The molecule has 1 aliphatic carbocycles. The molecule has 33 heavy (non-hydrogen) atoms. The lowest BCUT2D eigenvalue weighted by molar-refractivity contribution is -0.121. The minimum Gasteiger partial charge on any atom is -0.477 e. The molecule has 4 rings (SSSR count). The molecule has 1 fully saturated rings. The number of carbonyl (C=O) groups excluding carboxylic acids is 1. The summed E-state index contributed by atoms with van der Waals surface area (Å²) in [5.74, 6) is -0.471. The second kappa shape index (κ2) is 10.7. The second-order valence-electron chi connectivity index (χ2n) is 9.12. The lowest BCUT2D eigenvalue weighted by atomic mass is 9.89. The molecule has 1 heterocycles. The summed E-state index contributed by atoms with van der Waals surface area (Å²) in [6.45, 7) is 4.27. The van der Waals surface area contributed by atoms with E-state index in [4.69, 9.17) is 0 Å². The van der Waals surface area contributed by atoms with Crippen molar-refractivity contribution in [3.05, 3.63) is 59.8 Å². The van der Waals surface area contributed by atoms with Crippen molar-refractivity contribution in [2.24, 2.45) is 5.92 Å². The van der Waals surface area contributed by atoms with Gasteiger partial charge in [0.05, 0.1) is 0 Å². The molecule has 0 spiro atoms. The van der Waals surface area contributed by atoms with E-state index >= 15 is 0 Å². The first-order chi connectivity index (χ1) is 16.0. The lowest BCUT2D eigenvalue weighted by Crippen LogP contribution is -2.36. The quantitative estimate of drug-likeness (QED) is 0.419. The fourth-order valence-electron chi connectivity index (χ4n) is 4.71. The number of rotatable bonds is 9. The molecular formula is C27H33N3O3. The van der Waals surface area contributed by atoms with Gasteiger partial charge in [-0.2, -0.15) is 0 Å². The zero-order valence-corrected chi connectivity index (χ0v) is 19.3. The molecule has 0 aliphatic heterocycles. The Kier molecular flexibility index (Phi) is 7.45. The van der Waals surface area contributed by atoms with Gasteiger partial charge in [-0.05, 0) is 55.5 Å². The van der Waals surface area contributed by atoms with Crippen LogP contribution in [0.15, 0.2) is 48.5 Å². The first-order valence-electron chi connectivity index (χ1n) is 11.9. The first kappa shape index (κ1) is 23.1. The summed E-state index contributed by atoms with van der Waals surface area (Å²) in [6, 6.07) is 15.7. The highest BCUT2D eigenvalue weighted by atomic mass is 16.4. The van der Waals surface area contributed by atoms with E-state index < -0.39 is 5.97 Å². The maximum absolute atomic E-state index is 12.6. The molecule has 6 nitrogen and oxygen atoms in total. The topological polar surface area (TPSA) is 83.4 Å². The fourth-order valence-corrected chi connectivity index (χ4v) is 4.71. The van der Waals surface area contributed by atoms with Gasteiger partial charge >= 0.3 is 5.97 Å². The molecule has 0 saturated heterocycles. The van der Waals surface area contributed by atoms with Gasteiger partial charge in [-0.3, -0.25) is 4.79 Å². The minimum atomic E-state index is -1.04. The van der Waals surface area contributed by atoms with E-state index in [0.29, 0.717) is 6.54 Å². The molecule has 1 aromatic heterocycles. The normalized spacial score (nSPS) is 14.5. The molecule has 2 aromatic carbocycles. The number of aromatic carboxylic acids is 1. The first-order valence-corrected chi connectivity index (χ1v) is 11.9. The monoisotopic (exact) mass is 447 g/mol. The van der Waals surface area contributed by atoms with E-state index in [1.165, 1.54) is 37.7 Å². The number of aromatic nitrogens is 1. The summed E-state index contributed by atoms with van der Waals surface area (Å²) < 4.78 is 1.60. The number of amides is 1. The van der Waals surface area contributed by atoms with Crippen LogP contribution in [0.2, 0.25) is 0 Å². The van der Waals surface area contributed by atoms with E-state index in [2.05, 4.69) is 34.9 Å². The Hall–Kier alpha value is -3.12. The largest absolute Gasteiger partial charge is 0.477 e. The van der Waals surface area contributed by atoms with Crippen molar-refractivity contribution < 1.29 is 14.7 Å². The van der Waals surface area contributed by atoms with Gasteiger partial charge in [0, 0.05) is 24.0 Å². The highest BCUT2D eigenvalue weighted by Gasteiger charge is 2.18. The molecule has 0 bridgehead atoms. The maximum Gasteiger partial charge on any atom is 0.352 e. The average Bonchev–Trinajstić information content (AvgIpc) is 3.18. The van der Waals surface area contributed by atoms with Crippen LogP contribution in [0.25, 0.3) is 22.0 Å². The average molecular weight is 448 g/mol. The smallest absolute Gasteiger partial charge is 0.352 e. The molecule has 6 heteroatoms. The van der Waals surface area contributed by atoms with Crippen LogP contribution in [0, 0.1) is 12.8 Å². The highest BCUT2D eigenvalue weighted by molar-refractivity contribution is 5.97. The molecule has 0 radical (unpaired) electrons. The third kappa shape index (κ3) is 5.82. The van der Waals surface area contributed by atoms with Crippen LogP contribution in [-0.4, -0.2) is 41.2 Å². The Bertz CT molecular complexity index is 1110. The SMILES string of the molecule is Cc1ccc(-c2ccc3cc(C(=O)O)n(CC(=O)NCCNCC4CCCCC4)c3c2)cc1. The summed E-state index contributed by atoms with van der Waals surface area (Å²) >= 11 is 0. The summed E-state index contributed by atoms with van der Waals surface area (Å²) in [6.07, 6.45) is 6.59. The number of nitrogens with one attached hydrogen (secondary N) is 2. The van der Waals surface area contributed by atoms with Crippen molar-refractivity contribution in [3.8, 4) is 11.1 Å². The van der Waals surface area contributed by atoms with Crippen LogP contribution in [0.3, 0.4) is 0 Å². The van der Waals surface area contributed by atoms with Gasteiger partial charge in [-0.1, -0.05) is 61.2 Å². The van der Waals surface area contributed by atoms with Crippen LogP contribution >= 0.6 is 0 Å². The molecule has 174 valence electrons. The number of fused-ring (bicyclic) bond motifs is 1. The number of carboxylic acid groups (broad SMARTS) is 1. The van der Waals surface area contributed by atoms with Gasteiger partial charge in [0.2, 0.25) is 5.91 Å². The van der Waals surface area contributed by atoms with Gasteiger partial charge in [-0.15, -0.1) is 0 Å². The second-order valence-corrected chi connectivity index (χ2v) is 9.12. The Morgan fingerprint density at radius 1 is 0.970 bits per heavy atom. The standard InChI is InChI=1S/C27H33N3O3/c1-19-7-9-21(10-8-19)22-11-12-23-16-25(27(32)33)30(24(23)15-22)18-26(31)29-14-13-28-17-20-5-3-2-4-6-20/h7-12,15-16,20,28H,2-6,13-14,17-18H2,1H3,(H,29,31)(H,32,33). The molecule has 1 amide bonds. The molecule has 3 N–H and O–H groups in total. The molecule has 1 saturated carbocycles. The van der Waals surface area contributed by atoms with E-state index in [1.54, 1.807) is 10.6 Å². The van der Waals surface area contributed by atoms with E-state index in [0.717, 1.165) is 41.0 Å². The van der Waals surface area contributed by atoms with Crippen LogP contribution in [-0.2, 0) is 11.3 Å². The fraction of sp³-hybridized carbons (Fsp3) is 0.407. The van der Waals surface area contributed by atoms with Crippen molar-refractivity contribution in [2.75, 3.05) is 19.6 Å². The Morgan fingerprint density at radius 3 is 2.42 bits per heavy atom. The van der Waals surface area contributed by atoms with Crippen LogP contribution < -0.4 is 10.6 Å². The third-order valence-corrected chi connectivity index (χ3v) is 6.59. The van der Waals surface area contributed by atoms with Crippen molar-refractivity contribution >= 4 is 22.8 Å². The minimum absolute atomic E-state index is 0.0227. The Balaban J connectivity index is 1.42. The van der Waals surface area contributed by atoms with Crippen LogP contribution in [0.5, 0.6) is 0 Å². The van der Waals surface area contributed by atoms with Crippen molar-refractivity contribution in [1.29, 1.82) is 0 Å². The zero-order chi connectivity index (χ0) is 23.2. The zero-order valence-electron chi connectivity index (χ0n) is 19.3. The summed E-state index contributed by atoms with van der Waals surface area (Å²) in [4.78, 5) is 24.5. The van der Waals surface area contributed by atoms with E-state index in [-0.39, 0.29) is 18.1 Å². The van der Waals surface area contributed by atoms with Gasteiger partial charge < -0.3 is 20.3 Å². The summed E-state index contributed by atoms with van der Waals surface area (Å²) in [5.41, 5.74) is 4.10. The third-order valence-electron chi connectivity index (χ3n) is 6.59. The van der Waals surface area contributed by atoms with Crippen molar-refractivity contribution in [2.45, 2.75) is 45.6 Å². The number of aryl methyl sites for hydroxylation is 1. The van der Waals surface area contributed by atoms with E-state index in [1.807, 2.05) is 25.1 Å². The summed E-state index contributed by atoms with van der Waals surface area (Å²) in [7, 11) is 0. The Labute approximate surface area is 195 Å². The van der Waals surface area contributed by atoms with Crippen molar-refractivity contribution in [3.63, 3.8) is 0 Å². The predicted molar refractivity (Wildman–Crippen MR) is 132 cm³/mol. The Morgan fingerprint density at radius 2 is 1.70 bits per heavy atom. The number of hydrogen-bond donors (Lipinski definition) is 3. The van der Waals surface area contributed by atoms with Crippen LogP contribution in [0.1, 0.15) is 48.2 Å². The number of nitrogens with zero attached hydrogens (tertiary/aromatic N) is 1.